The number of ether oxygens (including phenoxy) is 1. The minimum absolute atomic E-state index is 0.101. The van der Waals surface area contributed by atoms with Crippen LogP contribution in [0.4, 0.5) is 5.69 Å². The van der Waals surface area contributed by atoms with E-state index in [0.29, 0.717) is 19.5 Å². The molecule has 0 aromatic heterocycles. The Bertz CT molecular complexity index is 806. The molecule has 0 bridgehead atoms. The number of para-hydroxylation sites is 1. The van der Waals surface area contributed by atoms with E-state index in [1.165, 1.54) is 5.69 Å². The van der Waals surface area contributed by atoms with Crippen LogP contribution >= 0.6 is 0 Å². The standard InChI is InChI=1S/C23H29N3O3/c27-21(16-25-9-11-26(12-10-25)20-6-2-1-3-7-20)17-29-22-8-4-5-18(13-22)19-14-23(28)24-15-19/h1-8,13,19,21,27H,9-12,14-17H2,(H,24,28). The molecular formula is C23H29N3O3. The molecule has 0 saturated carbocycles. The minimum Gasteiger partial charge on any atom is -0.491 e. The highest BCUT2D eigenvalue weighted by Gasteiger charge is 2.23. The van der Waals surface area contributed by atoms with Crippen molar-refractivity contribution in [1.82, 2.24) is 10.2 Å². The molecular weight excluding hydrogens is 366 g/mol. The molecule has 2 aromatic rings. The first kappa shape index (κ1) is 19.7. The number of piperazine rings is 1. The van der Waals surface area contributed by atoms with Crippen LogP contribution in [0.2, 0.25) is 0 Å². The molecule has 2 aliphatic rings. The smallest absolute Gasteiger partial charge is 0.220 e. The van der Waals surface area contributed by atoms with Gasteiger partial charge in [0.25, 0.3) is 0 Å². The first-order valence-corrected chi connectivity index (χ1v) is 10.4. The lowest BCUT2D eigenvalue weighted by Crippen LogP contribution is -2.49. The maximum atomic E-state index is 11.4. The molecule has 2 fully saturated rings. The topological polar surface area (TPSA) is 65.0 Å². The highest BCUT2D eigenvalue weighted by atomic mass is 16.5. The summed E-state index contributed by atoms with van der Waals surface area (Å²) in [4.78, 5) is 16.1. The first-order valence-electron chi connectivity index (χ1n) is 10.4. The van der Waals surface area contributed by atoms with Gasteiger partial charge in [-0.25, -0.2) is 0 Å². The van der Waals surface area contributed by atoms with E-state index in [9.17, 15) is 9.90 Å². The van der Waals surface area contributed by atoms with Crippen molar-refractivity contribution in [1.29, 1.82) is 0 Å². The second-order valence-electron chi connectivity index (χ2n) is 7.87. The van der Waals surface area contributed by atoms with Gasteiger partial charge >= 0.3 is 0 Å². The van der Waals surface area contributed by atoms with Crippen LogP contribution in [0.25, 0.3) is 0 Å². The van der Waals surface area contributed by atoms with Gasteiger partial charge in [-0.05, 0) is 29.8 Å². The number of carbonyl (C=O) groups is 1. The number of nitrogens with one attached hydrogen (secondary N) is 1. The number of amides is 1. The van der Waals surface area contributed by atoms with Crippen LogP contribution in [0, 0.1) is 0 Å². The van der Waals surface area contributed by atoms with Crippen LogP contribution in [0.15, 0.2) is 54.6 Å². The van der Waals surface area contributed by atoms with Crippen molar-refractivity contribution < 1.29 is 14.6 Å². The van der Waals surface area contributed by atoms with E-state index >= 15 is 0 Å². The fourth-order valence-corrected chi connectivity index (χ4v) is 4.07. The minimum atomic E-state index is -0.531. The van der Waals surface area contributed by atoms with Crippen LogP contribution < -0.4 is 15.0 Å². The molecule has 6 heteroatoms. The van der Waals surface area contributed by atoms with Crippen LogP contribution in [-0.2, 0) is 4.79 Å². The average molecular weight is 396 g/mol. The SMILES string of the molecule is O=C1CC(c2cccc(OCC(O)CN3CCN(c4ccccc4)CC3)c2)CN1. The molecule has 0 spiro atoms. The summed E-state index contributed by atoms with van der Waals surface area (Å²) in [6, 6.07) is 18.3. The van der Waals surface area contributed by atoms with Crippen molar-refractivity contribution in [2.75, 3.05) is 50.8 Å². The van der Waals surface area contributed by atoms with Crippen molar-refractivity contribution in [2.45, 2.75) is 18.4 Å². The van der Waals surface area contributed by atoms with Crippen LogP contribution in [-0.4, -0.2) is 67.9 Å². The zero-order valence-electron chi connectivity index (χ0n) is 16.7. The quantitative estimate of drug-likeness (QED) is 0.749. The summed E-state index contributed by atoms with van der Waals surface area (Å²) in [5.41, 5.74) is 2.36. The van der Waals surface area contributed by atoms with E-state index in [-0.39, 0.29) is 18.4 Å². The van der Waals surface area contributed by atoms with Crippen LogP contribution in [0.5, 0.6) is 5.75 Å². The van der Waals surface area contributed by atoms with Gasteiger partial charge in [0.05, 0.1) is 0 Å². The number of aliphatic hydroxyl groups is 1. The van der Waals surface area contributed by atoms with E-state index in [2.05, 4.69) is 39.4 Å². The Kier molecular flexibility index (Phi) is 6.32. The lowest BCUT2D eigenvalue weighted by atomic mass is 9.98. The third-order valence-electron chi connectivity index (χ3n) is 5.71. The number of hydrogen-bond donors (Lipinski definition) is 2. The van der Waals surface area contributed by atoms with E-state index in [4.69, 9.17) is 4.74 Å². The van der Waals surface area contributed by atoms with E-state index in [0.717, 1.165) is 37.5 Å². The van der Waals surface area contributed by atoms with Gasteiger partial charge in [0.2, 0.25) is 5.91 Å². The molecule has 154 valence electrons. The number of benzene rings is 2. The molecule has 2 heterocycles. The second kappa shape index (κ2) is 9.29. The van der Waals surface area contributed by atoms with Gasteiger partial charge in [0.15, 0.2) is 0 Å². The zero-order chi connectivity index (χ0) is 20.1. The predicted molar refractivity (Wildman–Crippen MR) is 113 cm³/mol. The molecule has 4 rings (SSSR count). The van der Waals surface area contributed by atoms with Crippen molar-refractivity contribution in [2.24, 2.45) is 0 Å². The molecule has 2 aromatic carbocycles. The molecule has 0 aliphatic carbocycles. The van der Waals surface area contributed by atoms with Gasteiger partial charge in [0.1, 0.15) is 18.5 Å². The van der Waals surface area contributed by atoms with Crippen molar-refractivity contribution >= 4 is 11.6 Å². The number of rotatable bonds is 7. The van der Waals surface area contributed by atoms with Crippen LogP contribution in [0.3, 0.4) is 0 Å². The maximum absolute atomic E-state index is 11.4. The second-order valence-corrected chi connectivity index (χ2v) is 7.87. The fraction of sp³-hybridized carbons (Fsp3) is 0.435. The summed E-state index contributed by atoms with van der Waals surface area (Å²) in [6.07, 6.45) is -0.00207. The van der Waals surface area contributed by atoms with Crippen LogP contribution in [0.1, 0.15) is 17.9 Å². The molecule has 1 amide bonds. The summed E-state index contributed by atoms with van der Waals surface area (Å²) in [6.45, 7) is 5.36. The first-order chi connectivity index (χ1) is 14.2. The Balaban J connectivity index is 1.22. The summed E-state index contributed by atoms with van der Waals surface area (Å²) in [7, 11) is 0. The Labute approximate surface area is 172 Å². The van der Waals surface area contributed by atoms with Gasteiger partial charge in [-0.15, -0.1) is 0 Å². The van der Waals surface area contributed by atoms with Crippen molar-refractivity contribution in [3.05, 3.63) is 60.2 Å². The molecule has 0 radical (unpaired) electrons. The molecule has 2 atom stereocenters. The third kappa shape index (κ3) is 5.28. The molecule has 29 heavy (non-hydrogen) atoms. The van der Waals surface area contributed by atoms with Crippen molar-refractivity contribution in [3.63, 3.8) is 0 Å². The summed E-state index contributed by atoms with van der Waals surface area (Å²) in [5, 5.41) is 13.3. The van der Waals surface area contributed by atoms with Gasteiger partial charge in [-0.2, -0.15) is 0 Å². The summed E-state index contributed by atoms with van der Waals surface area (Å²) < 4.78 is 5.83. The number of hydrogen-bond acceptors (Lipinski definition) is 5. The normalized spacial score (nSPS) is 21.1. The molecule has 2 saturated heterocycles. The Morgan fingerprint density at radius 3 is 2.59 bits per heavy atom. The number of nitrogens with zero attached hydrogens (tertiary/aromatic N) is 2. The van der Waals surface area contributed by atoms with Gasteiger partial charge in [-0.1, -0.05) is 30.3 Å². The van der Waals surface area contributed by atoms with Gasteiger partial charge < -0.3 is 20.1 Å². The number of β-amino-alcohol motifs (C(OH)–C–C–N with tert-alkyl or cyclic N) is 1. The number of aliphatic hydroxyl groups excluding tert-OH is 1. The largest absolute Gasteiger partial charge is 0.491 e. The molecule has 6 nitrogen and oxygen atoms in total. The highest BCUT2D eigenvalue weighted by Crippen LogP contribution is 2.26. The Morgan fingerprint density at radius 2 is 1.86 bits per heavy atom. The zero-order valence-corrected chi connectivity index (χ0v) is 16.7. The van der Waals surface area contributed by atoms with Crippen molar-refractivity contribution in [3.8, 4) is 5.75 Å². The lowest BCUT2D eigenvalue weighted by Gasteiger charge is -2.36. The van der Waals surface area contributed by atoms with Gasteiger partial charge in [-0.3, -0.25) is 9.69 Å². The monoisotopic (exact) mass is 395 g/mol. The Hall–Kier alpha value is -2.57. The molecule has 2 N–H and O–H groups in total. The fourth-order valence-electron chi connectivity index (χ4n) is 4.07. The lowest BCUT2D eigenvalue weighted by molar-refractivity contribution is -0.119. The third-order valence-corrected chi connectivity index (χ3v) is 5.71. The number of carbonyl (C=O) groups excluding carboxylic acids is 1. The predicted octanol–water partition coefficient (Wildman–Crippen LogP) is 1.85. The highest BCUT2D eigenvalue weighted by molar-refractivity contribution is 5.79. The molecule has 2 aliphatic heterocycles. The summed E-state index contributed by atoms with van der Waals surface area (Å²) >= 11 is 0. The average Bonchev–Trinajstić information content (AvgIpc) is 3.20. The Morgan fingerprint density at radius 1 is 1.07 bits per heavy atom. The van der Waals surface area contributed by atoms with E-state index in [1.54, 1.807) is 0 Å². The maximum Gasteiger partial charge on any atom is 0.220 e. The van der Waals surface area contributed by atoms with Gasteiger partial charge in [0, 0.05) is 57.3 Å². The number of anilines is 1. The summed E-state index contributed by atoms with van der Waals surface area (Å²) in [5.74, 6) is 1.05. The van der Waals surface area contributed by atoms with E-state index in [1.807, 2.05) is 30.3 Å². The molecule has 2 unspecified atom stereocenters. The van der Waals surface area contributed by atoms with E-state index < -0.39 is 6.10 Å².